The molecule has 0 atom stereocenters. The van der Waals surface area contributed by atoms with Crippen molar-refractivity contribution in [1.29, 1.82) is 0 Å². The van der Waals surface area contributed by atoms with Gasteiger partial charge in [0.25, 0.3) is 5.92 Å². The number of hydrogen-bond acceptors (Lipinski definition) is 4. The van der Waals surface area contributed by atoms with Crippen molar-refractivity contribution >= 4 is 0 Å². The zero-order valence-electron chi connectivity index (χ0n) is 8.05. The average Bonchev–Trinajstić information content (AvgIpc) is 2.11. The molecule has 3 N–H and O–H groups in total. The minimum atomic E-state index is -2.86. The van der Waals surface area contributed by atoms with Crippen LogP contribution in [0.3, 0.4) is 0 Å². The summed E-state index contributed by atoms with van der Waals surface area (Å²) in [4.78, 5) is 0. The van der Waals surface area contributed by atoms with Crippen LogP contribution in [0.2, 0.25) is 0 Å². The van der Waals surface area contributed by atoms with Gasteiger partial charge < -0.3 is 20.3 Å². The molecule has 4 nitrogen and oxygen atoms in total. The van der Waals surface area contributed by atoms with Crippen LogP contribution in [0.1, 0.15) is 6.42 Å². The van der Waals surface area contributed by atoms with Gasteiger partial charge in [-0.3, -0.25) is 0 Å². The lowest BCUT2D eigenvalue weighted by Gasteiger charge is -2.15. The van der Waals surface area contributed by atoms with Crippen molar-refractivity contribution in [3.8, 4) is 0 Å². The molecule has 0 aromatic rings. The number of nitrogens with two attached hydrogens (primary N) is 1. The third-order valence-corrected chi connectivity index (χ3v) is 1.43. The van der Waals surface area contributed by atoms with Crippen LogP contribution < -0.4 is 5.73 Å². The Balaban J connectivity index is 3.26. The molecule has 0 aliphatic carbocycles. The first-order valence-corrected chi connectivity index (χ1v) is 4.46. The minimum Gasteiger partial charge on any atom is -0.394 e. The average molecular weight is 213 g/mol. The monoisotopic (exact) mass is 213 g/mol. The molecule has 0 unspecified atom stereocenters. The third-order valence-electron chi connectivity index (χ3n) is 1.43. The highest BCUT2D eigenvalue weighted by Crippen LogP contribution is 2.17. The van der Waals surface area contributed by atoms with Gasteiger partial charge in [0.1, 0.15) is 6.61 Å². The lowest BCUT2D eigenvalue weighted by molar-refractivity contribution is -0.0890. The fourth-order valence-corrected chi connectivity index (χ4v) is 0.789. The van der Waals surface area contributed by atoms with Crippen LogP contribution in [-0.4, -0.2) is 50.6 Å². The van der Waals surface area contributed by atoms with Crippen LogP contribution in [0.5, 0.6) is 0 Å². The predicted octanol–water partition coefficient (Wildman–Crippen LogP) is -0.00400. The fourth-order valence-electron chi connectivity index (χ4n) is 0.789. The van der Waals surface area contributed by atoms with E-state index in [1.54, 1.807) is 0 Å². The first-order chi connectivity index (χ1) is 6.62. The largest absolute Gasteiger partial charge is 0.394 e. The first-order valence-electron chi connectivity index (χ1n) is 4.46. The number of hydrogen-bond donors (Lipinski definition) is 2. The molecule has 0 amide bonds. The lowest BCUT2D eigenvalue weighted by Crippen LogP contribution is -2.27. The number of aliphatic hydroxyl groups is 1. The van der Waals surface area contributed by atoms with E-state index in [2.05, 4.69) is 4.74 Å². The SMILES string of the molecule is NCCC(F)(F)COCCOCCO. The van der Waals surface area contributed by atoms with E-state index >= 15 is 0 Å². The summed E-state index contributed by atoms with van der Waals surface area (Å²) in [6.45, 7) is -0.268. The molecule has 0 aromatic carbocycles. The first kappa shape index (κ1) is 13.7. The predicted molar refractivity (Wildman–Crippen MR) is 47.3 cm³/mol. The molecule has 0 bridgehead atoms. The quantitative estimate of drug-likeness (QED) is 0.529. The van der Waals surface area contributed by atoms with E-state index in [1.165, 1.54) is 0 Å². The molecule has 0 heterocycles. The van der Waals surface area contributed by atoms with Gasteiger partial charge in [-0.15, -0.1) is 0 Å². The summed E-state index contributed by atoms with van der Waals surface area (Å²) in [7, 11) is 0. The number of alkyl halides is 2. The normalized spacial score (nSPS) is 12.0. The number of ether oxygens (including phenoxy) is 2. The molecule has 0 rings (SSSR count). The summed E-state index contributed by atoms with van der Waals surface area (Å²) < 4.78 is 34.9. The highest BCUT2D eigenvalue weighted by atomic mass is 19.3. The molecule has 0 aromatic heterocycles. The van der Waals surface area contributed by atoms with Crippen LogP contribution in [0.4, 0.5) is 8.78 Å². The Bertz CT molecular complexity index is 136. The molecular weight excluding hydrogens is 196 g/mol. The smallest absolute Gasteiger partial charge is 0.272 e. The molecule has 86 valence electrons. The van der Waals surface area contributed by atoms with Crippen molar-refractivity contribution in [2.75, 3.05) is 39.6 Å². The van der Waals surface area contributed by atoms with Gasteiger partial charge in [0.15, 0.2) is 0 Å². The van der Waals surface area contributed by atoms with Gasteiger partial charge in [-0.2, -0.15) is 0 Å². The molecule has 0 aliphatic rings. The summed E-state index contributed by atoms with van der Waals surface area (Å²) in [6, 6.07) is 0. The van der Waals surface area contributed by atoms with E-state index in [-0.39, 0.29) is 39.4 Å². The maximum atomic E-state index is 12.7. The van der Waals surface area contributed by atoms with Crippen molar-refractivity contribution in [1.82, 2.24) is 0 Å². The second-order valence-corrected chi connectivity index (χ2v) is 2.78. The van der Waals surface area contributed by atoms with Crippen LogP contribution in [0.15, 0.2) is 0 Å². The van der Waals surface area contributed by atoms with Crippen molar-refractivity contribution < 1.29 is 23.4 Å². The van der Waals surface area contributed by atoms with Gasteiger partial charge in [-0.25, -0.2) is 8.78 Å². The van der Waals surface area contributed by atoms with Gasteiger partial charge in [0, 0.05) is 6.42 Å². The van der Waals surface area contributed by atoms with Crippen LogP contribution in [0, 0.1) is 0 Å². The third kappa shape index (κ3) is 8.31. The number of rotatable bonds is 9. The molecule has 0 fully saturated rings. The molecule has 14 heavy (non-hydrogen) atoms. The summed E-state index contributed by atoms with van der Waals surface area (Å²) in [5.74, 6) is -2.86. The zero-order chi connectivity index (χ0) is 10.9. The van der Waals surface area contributed by atoms with E-state index in [1.807, 2.05) is 0 Å². The Kier molecular flexibility index (Phi) is 7.87. The summed E-state index contributed by atoms with van der Waals surface area (Å²) in [5, 5.41) is 8.32. The molecular formula is C8H17F2NO3. The van der Waals surface area contributed by atoms with Crippen molar-refractivity contribution in [3.05, 3.63) is 0 Å². The summed E-state index contributed by atoms with van der Waals surface area (Å²) in [5.41, 5.74) is 5.00. The highest BCUT2D eigenvalue weighted by Gasteiger charge is 2.27. The van der Waals surface area contributed by atoms with Gasteiger partial charge in [-0.05, 0) is 6.54 Å². The Morgan fingerprint density at radius 1 is 1.14 bits per heavy atom. The maximum Gasteiger partial charge on any atom is 0.272 e. The molecule has 6 heteroatoms. The Morgan fingerprint density at radius 2 is 1.79 bits per heavy atom. The maximum absolute atomic E-state index is 12.7. The highest BCUT2D eigenvalue weighted by molar-refractivity contribution is 4.64. The van der Waals surface area contributed by atoms with Gasteiger partial charge in [0.05, 0.1) is 26.4 Å². The van der Waals surface area contributed by atoms with Gasteiger partial charge in [0.2, 0.25) is 0 Å². The Morgan fingerprint density at radius 3 is 2.36 bits per heavy atom. The summed E-state index contributed by atoms with van der Waals surface area (Å²) >= 11 is 0. The second kappa shape index (κ2) is 8.05. The van der Waals surface area contributed by atoms with Crippen LogP contribution >= 0.6 is 0 Å². The van der Waals surface area contributed by atoms with Crippen molar-refractivity contribution in [2.45, 2.75) is 12.3 Å². The van der Waals surface area contributed by atoms with Crippen LogP contribution in [0.25, 0.3) is 0 Å². The van der Waals surface area contributed by atoms with Gasteiger partial charge in [-0.1, -0.05) is 0 Å². The van der Waals surface area contributed by atoms with Crippen LogP contribution in [-0.2, 0) is 9.47 Å². The van der Waals surface area contributed by atoms with E-state index < -0.39 is 12.5 Å². The van der Waals surface area contributed by atoms with Gasteiger partial charge >= 0.3 is 0 Å². The van der Waals surface area contributed by atoms with E-state index in [4.69, 9.17) is 15.6 Å². The fraction of sp³-hybridized carbons (Fsp3) is 1.00. The summed E-state index contributed by atoms with van der Waals surface area (Å²) in [6.07, 6.45) is -0.371. The van der Waals surface area contributed by atoms with Crippen molar-refractivity contribution in [2.24, 2.45) is 5.73 Å². The Labute approximate surface area is 82.0 Å². The standard InChI is InChI=1S/C8H17F2NO3/c9-8(10,1-2-11)7-14-6-5-13-4-3-12/h12H,1-7,11H2. The molecule has 0 saturated carbocycles. The number of halogens is 2. The molecule has 0 spiro atoms. The van der Waals surface area contributed by atoms with E-state index in [9.17, 15) is 8.78 Å². The lowest BCUT2D eigenvalue weighted by atomic mass is 10.2. The Hall–Kier alpha value is -0.300. The minimum absolute atomic E-state index is 0.0582. The second-order valence-electron chi connectivity index (χ2n) is 2.78. The molecule has 0 saturated heterocycles. The molecule has 0 aliphatic heterocycles. The van der Waals surface area contributed by atoms with E-state index in [0.29, 0.717) is 0 Å². The zero-order valence-corrected chi connectivity index (χ0v) is 8.05. The topological polar surface area (TPSA) is 64.7 Å². The number of aliphatic hydroxyl groups excluding tert-OH is 1. The van der Waals surface area contributed by atoms with E-state index in [0.717, 1.165) is 0 Å². The molecule has 0 radical (unpaired) electrons. The van der Waals surface area contributed by atoms with Crippen molar-refractivity contribution in [3.63, 3.8) is 0 Å².